The van der Waals surface area contributed by atoms with Crippen molar-refractivity contribution in [2.45, 2.75) is 232 Å². The van der Waals surface area contributed by atoms with Crippen molar-refractivity contribution in [2.75, 3.05) is 46.4 Å². The van der Waals surface area contributed by atoms with Crippen molar-refractivity contribution < 1.29 is 14.0 Å². The Labute approximate surface area is 299 Å². The Hall–Kier alpha value is -0.0551. The van der Waals surface area contributed by atoms with Gasteiger partial charge in [-0.25, -0.2) is 0 Å². The second-order valence-electron chi connectivity index (χ2n) is 15.5. The van der Waals surface area contributed by atoms with Crippen LogP contribution < -0.4 is 0 Å². The highest BCUT2D eigenvalue weighted by Gasteiger charge is 2.23. The van der Waals surface area contributed by atoms with Gasteiger partial charge in [-0.2, -0.15) is 0 Å². The largest absolute Gasteiger partial charge is 0.379 e. The second-order valence-corrected chi connectivity index (χ2v) is 15.5. The quantitative estimate of drug-likeness (QED) is 0.0368. The first kappa shape index (κ1) is 46.9. The molecule has 0 N–H and O–H groups in total. The lowest BCUT2D eigenvalue weighted by Crippen LogP contribution is -2.51. The molecule has 0 amide bonds. The zero-order chi connectivity index (χ0) is 34.4. The summed E-state index contributed by atoms with van der Waals surface area (Å²) >= 11 is 0. The van der Waals surface area contributed by atoms with Crippen LogP contribution in [0.15, 0.2) is 0 Å². The lowest BCUT2D eigenvalue weighted by Gasteiger charge is -2.35. The van der Waals surface area contributed by atoms with Gasteiger partial charge in [0.25, 0.3) is 0 Å². The van der Waals surface area contributed by atoms with Crippen LogP contribution in [0.4, 0.5) is 0 Å². The van der Waals surface area contributed by atoms with Crippen molar-refractivity contribution in [3.63, 3.8) is 0 Å². The maximum absolute atomic E-state index is 6.40. The molecule has 0 bridgehead atoms. The monoisotopic (exact) mass is 663 g/mol. The van der Waals surface area contributed by atoms with E-state index in [0.29, 0.717) is 13.1 Å². The van der Waals surface area contributed by atoms with Crippen molar-refractivity contribution in [2.24, 2.45) is 0 Å². The average Bonchev–Trinajstić information content (AvgIpc) is 3.08. The number of hydrogen-bond donors (Lipinski definition) is 0. The Morgan fingerprint density at radius 1 is 0.426 bits per heavy atom. The van der Waals surface area contributed by atoms with E-state index in [4.69, 9.17) is 17.3 Å². The van der Waals surface area contributed by atoms with Gasteiger partial charge < -0.3 is 14.0 Å². The summed E-state index contributed by atoms with van der Waals surface area (Å²) in [5, 5.41) is 0. The molecule has 280 valence electrons. The SMILES string of the molecule is [B]C[N+](C)(CC)CC(COCCCCCCCCCCCCCCCCCC)OCCCCCCCCCCCCCCCCCC. The molecular formula is C43H89BNO2+. The number of unbranched alkanes of at least 4 members (excludes halogenated alkanes) is 30. The van der Waals surface area contributed by atoms with Gasteiger partial charge in [0.1, 0.15) is 20.5 Å². The third kappa shape index (κ3) is 35.6. The van der Waals surface area contributed by atoms with Crippen LogP contribution in [-0.4, -0.2) is 64.8 Å². The maximum Gasteiger partial charge on any atom is 0.149 e. The second kappa shape index (κ2) is 38.7. The van der Waals surface area contributed by atoms with Gasteiger partial charge in [-0.15, -0.1) is 0 Å². The van der Waals surface area contributed by atoms with Crippen molar-refractivity contribution in [3.8, 4) is 0 Å². The normalized spacial score (nSPS) is 13.7. The minimum absolute atomic E-state index is 0.154. The van der Waals surface area contributed by atoms with Crippen LogP contribution >= 0.6 is 0 Å². The standard InChI is InChI=1S/C43H89BNO2/c1-5-8-10-12-14-16-18-20-22-24-26-28-30-32-34-36-38-46-41-43(40-45(4,7-3)42-44)47-39-37-35-33-31-29-27-25-23-21-19-17-15-13-11-9-6-2/h43H,5-42H2,1-4H3/q+1. The predicted octanol–water partition coefficient (Wildman–Crippen LogP) is 13.5. The van der Waals surface area contributed by atoms with Gasteiger partial charge in [-0.05, 0) is 19.8 Å². The van der Waals surface area contributed by atoms with E-state index in [2.05, 4.69) is 27.8 Å². The minimum Gasteiger partial charge on any atom is -0.379 e. The molecule has 0 saturated carbocycles. The molecule has 0 aliphatic rings. The highest BCUT2D eigenvalue weighted by molar-refractivity contribution is 6.08. The van der Waals surface area contributed by atoms with Gasteiger partial charge in [-0.1, -0.05) is 206 Å². The molecule has 0 aliphatic carbocycles. The average molecular weight is 663 g/mol. The Morgan fingerprint density at radius 3 is 1.02 bits per heavy atom. The number of ether oxygens (including phenoxy) is 2. The molecule has 4 heteroatoms. The lowest BCUT2D eigenvalue weighted by molar-refractivity contribution is -0.900. The summed E-state index contributed by atoms with van der Waals surface area (Å²) in [6.45, 7) is 11.3. The van der Waals surface area contributed by atoms with Crippen molar-refractivity contribution >= 4 is 7.85 Å². The number of hydrogen-bond acceptors (Lipinski definition) is 2. The lowest BCUT2D eigenvalue weighted by atomic mass is 10.0. The summed E-state index contributed by atoms with van der Waals surface area (Å²) in [4.78, 5) is 0. The Balaban J connectivity index is 3.73. The third-order valence-corrected chi connectivity index (χ3v) is 10.6. The summed E-state index contributed by atoms with van der Waals surface area (Å²) in [5.41, 5.74) is 0. The van der Waals surface area contributed by atoms with Gasteiger partial charge in [0, 0.05) is 19.7 Å². The first-order valence-corrected chi connectivity index (χ1v) is 21.8. The summed E-state index contributed by atoms with van der Waals surface area (Å²) in [7, 11) is 8.39. The van der Waals surface area contributed by atoms with Crippen LogP contribution in [-0.2, 0) is 9.47 Å². The summed E-state index contributed by atoms with van der Waals surface area (Å²) < 4.78 is 13.4. The Kier molecular flexibility index (Phi) is 38.7. The van der Waals surface area contributed by atoms with Crippen LogP contribution in [0, 0.1) is 0 Å². The van der Waals surface area contributed by atoms with Crippen LogP contribution in [0.1, 0.15) is 226 Å². The molecule has 0 aromatic carbocycles. The first-order chi connectivity index (χ1) is 23.1. The minimum atomic E-state index is 0.154. The maximum atomic E-state index is 6.40. The van der Waals surface area contributed by atoms with Crippen LogP contribution in [0.25, 0.3) is 0 Å². The van der Waals surface area contributed by atoms with Gasteiger partial charge in [-0.3, -0.25) is 0 Å². The van der Waals surface area contributed by atoms with Crippen molar-refractivity contribution in [1.29, 1.82) is 0 Å². The van der Waals surface area contributed by atoms with Gasteiger partial charge >= 0.3 is 0 Å². The highest BCUT2D eigenvalue weighted by Crippen LogP contribution is 2.16. The fourth-order valence-corrected chi connectivity index (χ4v) is 6.85. The van der Waals surface area contributed by atoms with Gasteiger partial charge in [0.15, 0.2) is 0 Å². The molecule has 0 spiro atoms. The van der Waals surface area contributed by atoms with E-state index in [1.807, 2.05) is 0 Å². The fourth-order valence-electron chi connectivity index (χ4n) is 6.85. The molecule has 0 fully saturated rings. The molecule has 47 heavy (non-hydrogen) atoms. The molecule has 2 atom stereocenters. The van der Waals surface area contributed by atoms with Gasteiger partial charge in [0.2, 0.25) is 0 Å². The number of quaternary nitrogens is 1. The summed E-state index contributed by atoms with van der Waals surface area (Å²) in [5.74, 6) is 0. The van der Waals surface area contributed by atoms with Gasteiger partial charge in [0.05, 0.1) is 20.2 Å². The molecule has 2 unspecified atom stereocenters. The number of nitrogens with zero attached hydrogens (tertiary/aromatic N) is 1. The topological polar surface area (TPSA) is 18.5 Å². The molecule has 0 heterocycles. The molecule has 0 saturated heterocycles. The number of likely N-dealkylation sites (N-methyl/N-ethyl adjacent to an activating group) is 1. The highest BCUT2D eigenvalue weighted by atomic mass is 16.5. The van der Waals surface area contributed by atoms with Crippen molar-refractivity contribution in [1.82, 2.24) is 0 Å². The molecule has 2 radical (unpaired) electrons. The van der Waals surface area contributed by atoms with E-state index in [-0.39, 0.29) is 6.10 Å². The van der Waals surface area contributed by atoms with Crippen molar-refractivity contribution in [3.05, 3.63) is 0 Å². The molecule has 0 aromatic rings. The number of rotatable bonds is 41. The van der Waals surface area contributed by atoms with E-state index in [0.717, 1.165) is 30.8 Å². The molecule has 0 aliphatic heterocycles. The zero-order valence-corrected chi connectivity index (χ0v) is 33.3. The predicted molar refractivity (Wildman–Crippen MR) is 212 cm³/mol. The van der Waals surface area contributed by atoms with E-state index < -0.39 is 0 Å². The fraction of sp³-hybridized carbons (Fsp3) is 1.00. The first-order valence-electron chi connectivity index (χ1n) is 21.8. The van der Waals surface area contributed by atoms with E-state index in [9.17, 15) is 0 Å². The van der Waals surface area contributed by atoms with E-state index >= 15 is 0 Å². The molecule has 0 rings (SSSR count). The molecule has 0 aromatic heterocycles. The molecular weight excluding hydrogens is 573 g/mol. The Bertz CT molecular complexity index is 570. The molecule has 3 nitrogen and oxygen atoms in total. The van der Waals surface area contributed by atoms with Crippen LogP contribution in [0.5, 0.6) is 0 Å². The van der Waals surface area contributed by atoms with E-state index in [1.165, 1.54) is 205 Å². The third-order valence-electron chi connectivity index (χ3n) is 10.6. The van der Waals surface area contributed by atoms with Crippen LogP contribution in [0.3, 0.4) is 0 Å². The summed E-state index contributed by atoms with van der Waals surface area (Å²) in [6, 6.07) is 0. The van der Waals surface area contributed by atoms with Crippen LogP contribution in [0.2, 0.25) is 0 Å². The van der Waals surface area contributed by atoms with E-state index in [1.54, 1.807) is 0 Å². The smallest absolute Gasteiger partial charge is 0.149 e. The Morgan fingerprint density at radius 2 is 0.723 bits per heavy atom. The summed E-state index contributed by atoms with van der Waals surface area (Å²) in [6.07, 6.45) is 45.8. The zero-order valence-electron chi connectivity index (χ0n) is 33.3.